The van der Waals surface area contributed by atoms with Crippen LogP contribution in [0.15, 0.2) is 35.2 Å². The lowest BCUT2D eigenvalue weighted by Gasteiger charge is -2.41. The third-order valence-corrected chi connectivity index (χ3v) is 5.69. The molecule has 0 aliphatic carbocycles. The minimum absolute atomic E-state index is 0.592. The van der Waals surface area contributed by atoms with E-state index in [9.17, 15) is 4.21 Å². The molecule has 1 aromatic carbocycles. The molecule has 0 aromatic heterocycles. The molecule has 0 unspecified atom stereocenters. The average molecular weight is 324 g/mol. The number of nitrogens with zero attached hydrogens (tertiary/aromatic N) is 2. The lowest BCUT2D eigenvalue weighted by molar-refractivity contribution is 0.0525. The summed E-state index contributed by atoms with van der Waals surface area (Å²) < 4.78 is 17.5. The van der Waals surface area contributed by atoms with E-state index in [4.69, 9.17) is 4.74 Å². The van der Waals surface area contributed by atoms with Crippen molar-refractivity contribution in [2.75, 3.05) is 52.2 Å². The summed E-state index contributed by atoms with van der Waals surface area (Å²) in [5.41, 5.74) is 0. The molecule has 2 atom stereocenters. The number of rotatable bonds is 8. The first-order valence-electron chi connectivity index (χ1n) is 8.13. The third-order valence-electron chi connectivity index (χ3n) is 4.34. The zero-order chi connectivity index (χ0) is 15.8. The minimum Gasteiger partial charge on any atom is -0.383 e. The van der Waals surface area contributed by atoms with E-state index in [-0.39, 0.29) is 0 Å². The predicted molar refractivity (Wildman–Crippen MR) is 91.7 cm³/mol. The molecule has 0 amide bonds. The molecule has 1 saturated heterocycles. The quantitative estimate of drug-likeness (QED) is 0.730. The van der Waals surface area contributed by atoms with Crippen LogP contribution >= 0.6 is 0 Å². The van der Waals surface area contributed by atoms with Crippen LogP contribution in [0.25, 0.3) is 0 Å². The second-order valence-corrected chi connectivity index (χ2v) is 7.32. The van der Waals surface area contributed by atoms with Gasteiger partial charge in [0.2, 0.25) is 0 Å². The van der Waals surface area contributed by atoms with Crippen molar-refractivity contribution in [1.29, 1.82) is 0 Å². The summed E-state index contributed by atoms with van der Waals surface area (Å²) in [6.07, 6.45) is 1.15. The highest BCUT2D eigenvalue weighted by Gasteiger charge is 2.25. The van der Waals surface area contributed by atoms with Gasteiger partial charge in [0.25, 0.3) is 0 Å². The standard InChI is InChI=1S/C17H28N2O2S/c1-3-16-15-18(9-10-19(16)11-13-21-2)12-14-22(20)17-7-5-4-6-8-17/h4-8,16H,3,9-15H2,1-2H3/t16-,22-/m1/s1. The molecule has 0 bridgehead atoms. The van der Waals surface area contributed by atoms with E-state index >= 15 is 0 Å². The first kappa shape index (κ1) is 17.6. The van der Waals surface area contributed by atoms with Crippen LogP contribution in [0, 0.1) is 0 Å². The van der Waals surface area contributed by atoms with Crippen LogP contribution in [-0.2, 0) is 15.5 Å². The van der Waals surface area contributed by atoms with Gasteiger partial charge in [-0.25, -0.2) is 0 Å². The second-order valence-electron chi connectivity index (χ2n) is 5.75. The molecule has 0 N–H and O–H groups in total. The van der Waals surface area contributed by atoms with E-state index in [1.54, 1.807) is 7.11 Å². The maximum Gasteiger partial charge on any atom is 0.0589 e. The van der Waals surface area contributed by atoms with Crippen LogP contribution in [0.2, 0.25) is 0 Å². The summed E-state index contributed by atoms with van der Waals surface area (Å²) in [6.45, 7) is 8.19. The Morgan fingerprint density at radius 1 is 1.23 bits per heavy atom. The Labute approximate surface area is 136 Å². The van der Waals surface area contributed by atoms with Crippen molar-refractivity contribution in [3.05, 3.63) is 30.3 Å². The monoisotopic (exact) mass is 324 g/mol. The third kappa shape index (κ3) is 5.16. The topological polar surface area (TPSA) is 32.8 Å². The number of hydrogen-bond donors (Lipinski definition) is 0. The summed E-state index contributed by atoms with van der Waals surface area (Å²) in [7, 11) is 0.873. The zero-order valence-corrected chi connectivity index (χ0v) is 14.6. The van der Waals surface area contributed by atoms with Gasteiger partial charge in [0, 0.05) is 56.5 Å². The summed E-state index contributed by atoms with van der Waals surface area (Å²) in [4.78, 5) is 5.92. The number of benzene rings is 1. The molecule has 1 fully saturated rings. The second kappa shape index (κ2) is 9.40. The van der Waals surface area contributed by atoms with Gasteiger partial charge >= 0.3 is 0 Å². The molecule has 0 spiro atoms. The number of ether oxygens (including phenoxy) is 1. The van der Waals surface area contributed by atoms with Gasteiger partial charge in [-0.2, -0.15) is 0 Å². The Morgan fingerprint density at radius 3 is 2.68 bits per heavy atom. The molecule has 1 aliphatic heterocycles. The summed E-state index contributed by atoms with van der Waals surface area (Å²) >= 11 is 0. The normalized spacial score (nSPS) is 21.8. The molecule has 124 valence electrons. The van der Waals surface area contributed by atoms with Gasteiger partial charge in [-0.05, 0) is 18.6 Å². The lowest BCUT2D eigenvalue weighted by atomic mass is 10.1. The predicted octanol–water partition coefficient (Wildman–Crippen LogP) is 1.84. The Hall–Kier alpha value is -0.750. The highest BCUT2D eigenvalue weighted by molar-refractivity contribution is 7.85. The van der Waals surface area contributed by atoms with Gasteiger partial charge in [0.1, 0.15) is 0 Å². The smallest absolute Gasteiger partial charge is 0.0589 e. The van der Waals surface area contributed by atoms with E-state index in [1.807, 2.05) is 30.3 Å². The molecule has 1 aliphatic rings. The van der Waals surface area contributed by atoms with E-state index in [2.05, 4.69) is 16.7 Å². The van der Waals surface area contributed by atoms with Gasteiger partial charge < -0.3 is 4.74 Å². The lowest BCUT2D eigenvalue weighted by Crippen LogP contribution is -2.54. The van der Waals surface area contributed by atoms with Crippen LogP contribution in [0.5, 0.6) is 0 Å². The Morgan fingerprint density at radius 2 is 2.00 bits per heavy atom. The van der Waals surface area contributed by atoms with Crippen molar-refractivity contribution in [2.45, 2.75) is 24.3 Å². The first-order chi connectivity index (χ1) is 10.7. The van der Waals surface area contributed by atoms with Crippen molar-refractivity contribution in [3.8, 4) is 0 Å². The maximum absolute atomic E-state index is 12.3. The van der Waals surface area contributed by atoms with E-state index < -0.39 is 10.8 Å². The van der Waals surface area contributed by atoms with Crippen molar-refractivity contribution >= 4 is 10.8 Å². The van der Waals surface area contributed by atoms with Crippen LogP contribution in [0.1, 0.15) is 13.3 Å². The summed E-state index contributed by atoms with van der Waals surface area (Å²) in [5, 5.41) is 0. The van der Waals surface area contributed by atoms with Gasteiger partial charge in [0.15, 0.2) is 0 Å². The fraction of sp³-hybridized carbons (Fsp3) is 0.647. The molecular formula is C17H28N2O2S. The molecule has 1 aromatic rings. The van der Waals surface area contributed by atoms with E-state index in [1.165, 1.54) is 0 Å². The van der Waals surface area contributed by atoms with Crippen molar-refractivity contribution < 1.29 is 8.95 Å². The van der Waals surface area contributed by atoms with Gasteiger partial charge in [-0.15, -0.1) is 0 Å². The minimum atomic E-state index is -0.887. The van der Waals surface area contributed by atoms with Crippen molar-refractivity contribution in [2.24, 2.45) is 0 Å². The molecule has 2 rings (SSSR count). The Balaban J connectivity index is 1.78. The largest absolute Gasteiger partial charge is 0.383 e. The van der Waals surface area contributed by atoms with Gasteiger partial charge in [-0.1, -0.05) is 25.1 Å². The SMILES string of the molecule is CC[C@@H]1CN(CC[S@@](=O)c2ccccc2)CCN1CCOC. The maximum atomic E-state index is 12.3. The van der Waals surface area contributed by atoms with Crippen LogP contribution in [0.4, 0.5) is 0 Å². The Kier molecular flexibility index (Phi) is 7.52. The number of hydrogen-bond acceptors (Lipinski definition) is 4. The number of methoxy groups -OCH3 is 1. The van der Waals surface area contributed by atoms with Crippen molar-refractivity contribution in [1.82, 2.24) is 9.80 Å². The summed E-state index contributed by atoms with van der Waals surface area (Å²) in [6, 6.07) is 10.4. The highest BCUT2D eigenvalue weighted by Crippen LogP contribution is 2.13. The zero-order valence-electron chi connectivity index (χ0n) is 13.7. The average Bonchev–Trinajstić information content (AvgIpc) is 2.58. The van der Waals surface area contributed by atoms with Gasteiger partial charge in [0.05, 0.1) is 17.4 Å². The van der Waals surface area contributed by atoms with Crippen molar-refractivity contribution in [3.63, 3.8) is 0 Å². The molecular weight excluding hydrogens is 296 g/mol. The van der Waals surface area contributed by atoms with Gasteiger partial charge in [-0.3, -0.25) is 14.0 Å². The molecule has 1 heterocycles. The Bertz CT molecular complexity index is 455. The molecule has 4 nitrogen and oxygen atoms in total. The molecule has 0 saturated carbocycles. The van der Waals surface area contributed by atoms with Crippen LogP contribution < -0.4 is 0 Å². The number of piperazine rings is 1. The molecule has 22 heavy (non-hydrogen) atoms. The first-order valence-corrected chi connectivity index (χ1v) is 9.45. The highest BCUT2D eigenvalue weighted by atomic mass is 32.2. The molecule has 5 heteroatoms. The van der Waals surface area contributed by atoms with E-state index in [0.29, 0.717) is 6.04 Å². The van der Waals surface area contributed by atoms with Crippen LogP contribution in [-0.4, -0.2) is 72.2 Å². The van der Waals surface area contributed by atoms with E-state index in [0.717, 1.165) is 56.4 Å². The fourth-order valence-electron chi connectivity index (χ4n) is 2.95. The molecule has 0 radical (unpaired) electrons. The summed E-state index contributed by atoms with van der Waals surface area (Å²) in [5.74, 6) is 0.721. The van der Waals surface area contributed by atoms with Crippen LogP contribution in [0.3, 0.4) is 0 Å². The fourth-order valence-corrected chi connectivity index (χ4v) is 4.07.